The zero-order valence-electron chi connectivity index (χ0n) is 10.0. The third-order valence-corrected chi connectivity index (χ3v) is 3.28. The average Bonchev–Trinajstić information content (AvgIpc) is 2.43. The molecule has 0 saturated carbocycles. The van der Waals surface area contributed by atoms with Gasteiger partial charge in [0.25, 0.3) is 0 Å². The molecule has 20 heavy (non-hydrogen) atoms. The molecule has 0 bridgehead atoms. The Labute approximate surface area is 128 Å². The van der Waals surface area contributed by atoms with Crippen LogP contribution >= 0.6 is 22.6 Å². The summed E-state index contributed by atoms with van der Waals surface area (Å²) in [6, 6.07) is 10.8. The topological polar surface area (TPSA) is 82.8 Å². The van der Waals surface area contributed by atoms with Crippen LogP contribution in [0.25, 0.3) is 0 Å². The second-order valence-electron chi connectivity index (χ2n) is 3.85. The van der Waals surface area contributed by atoms with E-state index in [1.54, 1.807) is 6.07 Å². The van der Waals surface area contributed by atoms with Crippen LogP contribution < -0.4 is 10.5 Å². The maximum absolute atomic E-state index is 13.8. The highest BCUT2D eigenvalue weighted by molar-refractivity contribution is 14.1. The molecule has 0 heterocycles. The predicted octanol–water partition coefficient (Wildman–Crippen LogP) is 3.55. The molecule has 0 aliphatic heterocycles. The summed E-state index contributed by atoms with van der Waals surface area (Å²) < 4.78 is 19.8. The number of nitriles is 2. The lowest BCUT2D eigenvalue weighted by Gasteiger charge is -2.11. The van der Waals surface area contributed by atoms with Gasteiger partial charge in [-0.25, -0.2) is 4.39 Å². The van der Waals surface area contributed by atoms with Crippen molar-refractivity contribution in [2.75, 3.05) is 5.73 Å². The van der Waals surface area contributed by atoms with Crippen molar-refractivity contribution >= 4 is 28.3 Å². The minimum atomic E-state index is -0.649. The molecule has 0 amide bonds. The summed E-state index contributed by atoms with van der Waals surface area (Å²) in [6.45, 7) is 0. The van der Waals surface area contributed by atoms with Crippen LogP contribution in [-0.2, 0) is 0 Å². The highest BCUT2D eigenvalue weighted by Gasteiger charge is 2.12. The van der Waals surface area contributed by atoms with E-state index in [9.17, 15) is 4.39 Å². The molecule has 0 aliphatic rings. The van der Waals surface area contributed by atoms with Gasteiger partial charge >= 0.3 is 0 Å². The fourth-order valence-electron chi connectivity index (χ4n) is 1.55. The van der Waals surface area contributed by atoms with Gasteiger partial charge in [-0.1, -0.05) is 0 Å². The van der Waals surface area contributed by atoms with Crippen molar-refractivity contribution < 1.29 is 9.13 Å². The highest BCUT2D eigenvalue weighted by atomic mass is 127. The second-order valence-corrected chi connectivity index (χ2v) is 5.01. The Kier molecular flexibility index (Phi) is 4.06. The number of rotatable bonds is 2. The van der Waals surface area contributed by atoms with Crippen LogP contribution in [0.15, 0.2) is 30.3 Å². The molecular weight excluding hydrogens is 372 g/mol. The van der Waals surface area contributed by atoms with Gasteiger partial charge in [-0.15, -0.1) is 0 Å². The normalized spacial score (nSPS) is 9.60. The number of hydrogen-bond acceptors (Lipinski definition) is 4. The van der Waals surface area contributed by atoms with E-state index in [4.69, 9.17) is 21.0 Å². The van der Waals surface area contributed by atoms with Gasteiger partial charge in [-0.2, -0.15) is 10.5 Å². The van der Waals surface area contributed by atoms with Gasteiger partial charge in [0, 0.05) is 0 Å². The number of nitrogens with two attached hydrogens (primary N) is 1. The molecule has 0 radical (unpaired) electrons. The Balaban J connectivity index is 2.41. The first kappa shape index (κ1) is 14.1. The van der Waals surface area contributed by atoms with E-state index < -0.39 is 5.82 Å². The third kappa shape index (κ3) is 2.81. The van der Waals surface area contributed by atoms with Crippen LogP contribution in [0.4, 0.5) is 10.1 Å². The van der Waals surface area contributed by atoms with Gasteiger partial charge in [0.15, 0.2) is 17.3 Å². The molecular formula is C14H7FIN3O. The molecule has 2 aromatic carbocycles. The molecule has 0 spiro atoms. The number of nitrogen functional groups attached to an aromatic ring is 1. The van der Waals surface area contributed by atoms with Crippen LogP contribution in [0.5, 0.6) is 11.5 Å². The number of benzene rings is 2. The summed E-state index contributed by atoms with van der Waals surface area (Å²) in [7, 11) is 0. The van der Waals surface area contributed by atoms with Gasteiger partial charge in [0.1, 0.15) is 0 Å². The fraction of sp³-hybridized carbons (Fsp3) is 0. The van der Waals surface area contributed by atoms with Gasteiger partial charge in [0.05, 0.1) is 32.5 Å². The zero-order chi connectivity index (χ0) is 14.7. The standard InChI is InChI=1S/C14H7FIN3O/c15-10-3-8(6-17)1-2-13(10)20-14-11(16)4-9(7-18)5-12(14)19/h1-5H,19H2. The highest BCUT2D eigenvalue weighted by Crippen LogP contribution is 2.34. The van der Waals surface area contributed by atoms with Crippen LogP contribution in [0.2, 0.25) is 0 Å². The molecule has 2 aromatic rings. The lowest BCUT2D eigenvalue weighted by Crippen LogP contribution is -1.97. The Morgan fingerprint density at radius 1 is 1.10 bits per heavy atom. The SMILES string of the molecule is N#Cc1ccc(Oc2c(N)cc(C#N)cc2I)c(F)c1. The number of anilines is 1. The Bertz CT molecular complexity index is 739. The number of halogens is 2. The average molecular weight is 379 g/mol. The maximum atomic E-state index is 13.8. The van der Waals surface area contributed by atoms with Gasteiger partial charge in [0.2, 0.25) is 0 Å². The number of ether oxygens (including phenoxy) is 1. The molecule has 4 nitrogen and oxygen atoms in total. The van der Waals surface area contributed by atoms with E-state index in [1.165, 1.54) is 18.2 Å². The Morgan fingerprint density at radius 2 is 1.80 bits per heavy atom. The Morgan fingerprint density at radius 3 is 2.35 bits per heavy atom. The molecule has 2 rings (SSSR count). The lowest BCUT2D eigenvalue weighted by molar-refractivity contribution is 0.441. The monoisotopic (exact) mass is 379 g/mol. The van der Waals surface area contributed by atoms with Crippen LogP contribution in [0.3, 0.4) is 0 Å². The second kappa shape index (κ2) is 5.76. The third-order valence-electron chi connectivity index (χ3n) is 2.47. The first-order valence-corrected chi connectivity index (χ1v) is 6.49. The largest absolute Gasteiger partial charge is 0.451 e. The van der Waals surface area contributed by atoms with E-state index >= 15 is 0 Å². The van der Waals surface area contributed by atoms with Crippen molar-refractivity contribution in [3.05, 3.63) is 50.8 Å². The first-order chi connectivity index (χ1) is 9.55. The summed E-state index contributed by atoms with van der Waals surface area (Å²) in [6.07, 6.45) is 0. The molecule has 0 unspecified atom stereocenters. The van der Waals surface area contributed by atoms with Crippen LogP contribution in [-0.4, -0.2) is 0 Å². The van der Waals surface area contributed by atoms with E-state index in [1.807, 2.05) is 34.7 Å². The zero-order valence-corrected chi connectivity index (χ0v) is 12.2. The van der Waals surface area contributed by atoms with Crippen molar-refractivity contribution in [1.82, 2.24) is 0 Å². The molecule has 98 valence electrons. The van der Waals surface area contributed by atoms with E-state index in [0.717, 1.165) is 6.07 Å². The Hall–Kier alpha value is -2.32. The lowest BCUT2D eigenvalue weighted by atomic mass is 10.2. The fourth-order valence-corrected chi connectivity index (χ4v) is 2.31. The minimum absolute atomic E-state index is 0.0293. The van der Waals surface area contributed by atoms with E-state index in [0.29, 0.717) is 9.13 Å². The molecule has 0 aliphatic carbocycles. The molecule has 0 aromatic heterocycles. The van der Waals surface area contributed by atoms with Gasteiger partial charge in [-0.3, -0.25) is 0 Å². The molecule has 6 heteroatoms. The van der Waals surface area contributed by atoms with Gasteiger partial charge in [-0.05, 0) is 52.9 Å². The van der Waals surface area contributed by atoms with Crippen LogP contribution in [0, 0.1) is 32.0 Å². The number of hydrogen-bond donors (Lipinski definition) is 1. The van der Waals surface area contributed by atoms with Crippen molar-refractivity contribution in [3.8, 4) is 23.6 Å². The van der Waals surface area contributed by atoms with Crippen molar-refractivity contribution in [3.63, 3.8) is 0 Å². The molecule has 0 atom stereocenters. The summed E-state index contributed by atoms with van der Waals surface area (Å²) in [5.41, 5.74) is 6.65. The van der Waals surface area contributed by atoms with Crippen molar-refractivity contribution in [2.45, 2.75) is 0 Å². The summed E-state index contributed by atoms with van der Waals surface area (Å²) in [4.78, 5) is 0. The smallest absolute Gasteiger partial charge is 0.167 e. The van der Waals surface area contributed by atoms with Crippen molar-refractivity contribution in [2.24, 2.45) is 0 Å². The molecule has 0 fully saturated rings. The quantitative estimate of drug-likeness (QED) is 0.639. The van der Waals surface area contributed by atoms with E-state index in [-0.39, 0.29) is 22.7 Å². The van der Waals surface area contributed by atoms with Crippen LogP contribution in [0.1, 0.15) is 11.1 Å². The number of nitrogens with zero attached hydrogens (tertiary/aromatic N) is 2. The summed E-state index contributed by atoms with van der Waals surface area (Å²) >= 11 is 1.96. The summed E-state index contributed by atoms with van der Waals surface area (Å²) in [5.74, 6) is -0.393. The van der Waals surface area contributed by atoms with E-state index in [2.05, 4.69) is 0 Å². The van der Waals surface area contributed by atoms with Gasteiger partial charge < -0.3 is 10.5 Å². The minimum Gasteiger partial charge on any atom is -0.451 e. The molecule has 2 N–H and O–H groups in total. The maximum Gasteiger partial charge on any atom is 0.167 e. The molecule has 0 saturated heterocycles. The predicted molar refractivity (Wildman–Crippen MR) is 79.5 cm³/mol. The summed E-state index contributed by atoms with van der Waals surface area (Å²) in [5, 5.41) is 17.5. The van der Waals surface area contributed by atoms with Crippen molar-refractivity contribution in [1.29, 1.82) is 10.5 Å². The first-order valence-electron chi connectivity index (χ1n) is 5.41.